The van der Waals surface area contributed by atoms with E-state index in [0.717, 1.165) is 9.87 Å². The molecule has 6 nitrogen and oxygen atoms in total. The summed E-state index contributed by atoms with van der Waals surface area (Å²) in [5, 5.41) is 2.55. The minimum Gasteiger partial charge on any atom is -0.398 e. The smallest absolute Gasteiger partial charge is 0.245 e. The highest BCUT2D eigenvalue weighted by Crippen LogP contribution is 2.22. The number of likely N-dealkylation sites (N-methyl/N-ethyl adjacent to an activating group) is 2. The molecule has 0 unspecified atom stereocenters. The standard InChI is InChI=1S/C12H19N3O3S/c1-4-14-12(16)8-15(3)19(17,18)11-6-5-9(2)7-10(11)13/h5-7H,4,8,13H2,1-3H3,(H,14,16). The van der Waals surface area contributed by atoms with Crippen molar-refractivity contribution in [3.8, 4) is 0 Å². The number of nitrogens with zero attached hydrogens (tertiary/aromatic N) is 1. The summed E-state index contributed by atoms with van der Waals surface area (Å²) in [5.41, 5.74) is 6.79. The summed E-state index contributed by atoms with van der Waals surface area (Å²) in [4.78, 5) is 11.4. The zero-order valence-corrected chi connectivity index (χ0v) is 12.1. The number of hydrogen-bond acceptors (Lipinski definition) is 4. The van der Waals surface area contributed by atoms with E-state index in [1.807, 2.05) is 6.92 Å². The van der Waals surface area contributed by atoms with Crippen molar-refractivity contribution in [2.75, 3.05) is 25.9 Å². The Bertz CT molecular complexity index is 570. The summed E-state index contributed by atoms with van der Waals surface area (Å²) in [6, 6.07) is 4.71. The normalized spacial score (nSPS) is 11.6. The van der Waals surface area contributed by atoms with E-state index >= 15 is 0 Å². The van der Waals surface area contributed by atoms with Crippen LogP contribution in [-0.2, 0) is 14.8 Å². The van der Waals surface area contributed by atoms with E-state index in [9.17, 15) is 13.2 Å². The van der Waals surface area contributed by atoms with E-state index in [1.54, 1.807) is 19.1 Å². The molecule has 3 N–H and O–H groups in total. The molecular weight excluding hydrogens is 266 g/mol. The van der Waals surface area contributed by atoms with Gasteiger partial charge in [0.25, 0.3) is 0 Å². The SMILES string of the molecule is CCNC(=O)CN(C)S(=O)(=O)c1ccc(C)cc1N. The van der Waals surface area contributed by atoms with Gasteiger partial charge in [0.2, 0.25) is 15.9 Å². The molecule has 1 aromatic carbocycles. The first-order chi connectivity index (χ1) is 8.78. The lowest BCUT2D eigenvalue weighted by Gasteiger charge is -2.18. The number of nitrogens with one attached hydrogen (secondary N) is 1. The van der Waals surface area contributed by atoms with Crippen molar-refractivity contribution in [1.29, 1.82) is 0 Å². The third-order valence-electron chi connectivity index (χ3n) is 2.59. The molecule has 0 aliphatic rings. The van der Waals surface area contributed by atoms with Crippen molar-refractivity contribution < 1.29 is 13.2 Å². The first-order valence-electron chi connectivity index (χ1n) is 5.88. The highest BCUT2D eigenvalue weighted by Gasteiger charge is 2.24. The lowest BCUT2D eigenvalue weighted by molar-refractivity contribution is -0.121. The van der Waals surface area contributed by atoms with Crippen LogP contribution in [0.25, 0.3) is 0 Å². The Morgan fingerprint density at radius 2 is 2.05 bits per heavy atom. The van der Waals surface area contributed by atoms with E-state index in [-0.39, 0.29) is 23.0 Å². The van der Waals surface area contributed by atoms with E-state index in [4.69, 9.17) is 5.73 Å². The zero-order valence-electron chi connectivity index (χ0n) is 11.3. The molecule has 19 heavy (non-hydrogen) atoms. The molecule has 0 heterocycles. The molecule has 0 spiro atoms. The maximum atomic E-state index is 12.3. The summed E-state index contributed by atoms with van der Waals surface area (Å²) in [7, 11) is -2.40. The number of carbonyl (C=O) groups is 1. The molecule has 0 saturated heterocycles. The number of anilines is 1. The maximum absolute atomic E-state index is 12.3. The maximum Gasteiger partial charge on any atom is 0.245 e. The van der Waals surface area contributed by atoms with Crippen LogP contribution in [0.3, 0.4) is 0 Å². The summed E-state index contributed by atoms with van der Waals surface area (Å²) in [6.07, 6.45) is 0. The number of nitrogen functional groups attached to an aromatic ring is 1. The zero-order chi connectivity index (χ0) is 14.6. The second-order valence-corrected chi connectivity index (χ2v) is 6.27. The molecule has 0 fully saturated rings. The summed E-state index contributed by atoms with van der Waals surface area (Å²) in [5.74, 6) is -0.348. The number of rotatable bonds is 5. The summed E-state index contributed by atoms with van der Waals surface area (Å²) >= 11 is 0. The van der Waals surface area contributed by atoms with Gasteiger partial charge in [0.1, 0.15) is 4.90 Å². The second kappa shape index (κ2) is 6.03. The Labute approximate surface area is 113 Å². The number of amides is 1. The Balaban J connectivity index is 3.00. The first-order valence-corrected chi connectivity index (χ1v) is 7.32. The monoisotopic (exact) mass is 285 g/mol. The number of sulfonamides is 1. The molecule has 0 aliphatic heterocycles. The third kappa shape index (κ3) is 3.68. The van der Waals surface area contributed by atoms with Crippen molar-refractivity contribution >= 4 is 21.6 Å². The van der Waals surface area contributed by atoms with Gasteiger partial charge < -0.3 is 11.1 Å². The van der Waals surface area contributed by atoms with Gasteiger partial charge in [0.15, 0.2) is 0 Å². The number of carbonyl (C=O) groups excluding carboxylic acids is 1. The average Bonchev–Trinajstić information content (AvgIpc) is 2.28. The lowest BCUT2D eigenvalue weighted by atomic mass is 10.2. The molecule has 0 aromatic heterocycles. The minimum atomic E-state index is -3.75. The summed E-state index contributed by atoms with van der Waals surface area (Å²) < 4.78 is 25.5. The van der Waals surface area contributed by atoms with Crippen LogP contribution in [0.2, 0.25) is 0 Å². The first kappa shape index (κ1) is 15.5. The van der Waals surface area contributed by atoms with Crippen LogP contribution in [-0.4, -0.2) is 38.8 Å². The second-order valence-electron chi connectivity index (χ2n) is 4.26. The van der Waals surface area contributed by atoms with Crippen LogP contribution in [0.1, 0.15) is 12.5 Å². The average molecular weight is 285 g/mol. The van der Waals surface area contributed by atoms with Gasteiger partial charge in [0, 0.05) is 13.6 Å². The van der Waals surface area contributed by atoms with Crippen LogP contribution in [0, 0.1) is 6.92 Å². The van der Waals surface area contributed by atoms with Gasteiger partial charge in [-0.15, -0.1) is 0 Å². The van der Waals surface area contributed by atoms with E-state index < -0.39 is 10.0 Å². The molecule has 0 aliphatic carbocycles. The van der Waals surface area contributed by atoms with Crippen LogP contribution >= 0.6 is 0 Å². The molecule has 7 heteroatoms. The Hall–Kier alpha value is -1.60. The number of aryl methyl sites for hydroxylation is 1. The van der Waals surface area contributed by atoms with Gasteiger partial charge in [-0.05, 0) is 31.5 Å². The molecular formula is C12H19N3O3S. The summed E-state index contributed by atoms with van der Waals surface area (Å²) in [6.45, 7) is 3.82. The van der Waals surface area contributed by atoms with E-state index in [1.165, 1.54) is 13.1 Å². The highest BCUT2D eigenvalue weighted by molar-refractivity contribution is 7.89. The van der Waals surface area contributed by atoms with E-state index in [2.05, 4.69) is 5.32 Å². The molecule has 0 radical (unpaired) electrons. The fraction of sp³-hybridized carbons (Fsp3) is 0.417. The van der Waals surface area contributed by atoms with Gasteiger partial charge >= 0.3 is 0 Å². The van der Waals surface area contributed by atoms with Gasteiger partial charge in [-0.1, -0.05) is 6.07 Å². The molecule has 0 saturated carbocycles. The van der Waals surface area contributed by atoms with Crippen LogP contribution in [0.4, 0.5) is 5.69 Å². The van der Waals surface area contributed by atoms with Crippen molar-refractivity contribution in [3.05, 3.63) is 23.8 Å². The quantitative estimate of drug-likeness (QED) is 0.763. The van der Waals surface area contributed by atoms with Crippen LogP contribution in [0.5, 0.6) is 0 Å². The van der Waals surface area contributed by atoms with Crippen molar-refractivity contribution in [1.82, 2.24) is 9.62 Å². The predicted octanol–water partition coefficient (Wildman–Crippen LogP) is 0.334. The van der Waals surface area contributed by atoms with Crippen molar-refractivity contribution in [2.45, 2.75) is 18.7 Å². The van der Waals surface area contributed by atoms with Gasteiger partial charge in [-0.25, -0.2) is 8.42 Å². The van der Waals surface area contributed by atoms with Crippen molar-refractivity contribution in [2.24, 2.45) is 0 Å². The fourth-order valence-electron chi connectivity index (χ4n) is 1.61. The fourth-order valence-corrected chi connectivity index (χ4v) is 2.83. The van der Waals surface area contributed by atoms with Crippen LogP contribution in [0.15, 0.2) is 23.1 Å². The van der Waals surface area contributed by atoms with Gasteiger partial charge in [-0.3, -0.25) is 4.79 Å². The van der Waals surface area contributed by atoms with E-state index in [0.29, 0.717) is 6.54 Å². The number of hydrogen-bond donors (Lipinski definition) is 2. The van der Waals surface area contributed by atoms with Crippen molar-refractivity contribution in [3.63, 3.8) is 0 Å². The topological polar surface area (TPSA) is 92.5 Å². The molecule has 0 bridgehead atoms. The molecule has 1 rings (SSSR count). The Morgan fingerprint density at radius 3 is 2.58 bits per heavy atom. The molecule has 0 atom stereocenters. The Morgan fingerprint density at radius 1 is 1.42 bits per heavy atom. The molecule has 1 aromatic rings. The van der Waals surface area contributed by atoms with Crippen LogP contribution < -0.4 is 11.1 Å². The molecule has 106 valence electrons. The third-order valence-corrected chi connectivity index (χ3v) is 4.47. The largest absolute Gasteiger partial charge is 0.398 e. The molecule has 1 amide bonds. The van der Waals surface area contributed by atoms with Gasteiger partial charge in [0.05, 0.1) is 12.2 Å². The minimum absolute atomic E-state index is 0.0184. The number of benzene rings is 1. The predicted molar refractivity (Wildman–Crippen MR) is 74.1 cm³/mol. The Kier molecular flexibility index (Phi) is 4.90. The van der Waals surface area contributed by atoms with Gasteiger partial charge in [-0.2, -0.15) is 4.31 Å². The lowest BCUT2D eigenvalue weighted by Crippen LogP contribution is -2.38. The number of nitrogens with two attached hydrogens (primary N) is 1. The highest BCUT2D eigenvalue weighted by atomic mass is 32.2.